The van der Waals surface area contributed by atoms with Gasteiger partial charge in [-0.3, -0.25) is 9.78 Å². The first kappa shape index (κ1) is 17.6. The Bertz CT molecular complexity index is 907. The lowest BCUT2D eigenvalue weighted by Gasteiger charge is -2.12. The van der Waals surface area contributed by atoms with Gasteiger partial charge in [-0.15, -0.1) is 0 Å². The van der Waals surface area contributed by atoms with Crippen molar-refractivity contribution in [1.82, 2.24) is 20.1 Å². The molecule has 0 saturated heterocycles. The Balaban J connectivity index is 1.75. The normalized spacial score (nSPS) is 11.8. The summed E-state index contributed by atoms with van der Waals surface area (Å²) in [6, 6.07) is 10.5. The van der Waals surface area contributed by atoms with Gasteiger partial charge in [-0.1, -0.05) is 12.1 Å². The van der Waals surface area contributed by atoms with Crippen LogP contribution in [0.1, 0.15) is 34.6 Å². The number of aliphatic hydroxyl groups is 1. The number of aliphatic hydroxyl groups excluding tert-OH is 1. The average molecular weight is 352 g/mol. The number of hydrogen-bond donors (Lipinski definition) is 2. The average Bonchev–Trinajstić information content (AvgIpc) is 3.18. The number of carbonyl (C=O) groups excluding carboxylic acids is 1. The Labute approximate surface area is 151 Å². The van der Waals surface area contributed by atoms with Gasteiger partial charge in [0, 0.05) is 18.0 Å². The number of aromatic nitrogens is 3. The Kier molecular flexibility index (Phi) is 5.28. The van der Waals surface area contributed by atoms with Gasteiger partial charge < -0.3 is 15.2 Å². The van der Waals surface area contributed by atoms with Crippen LogP contribution in [0, 0.1) is 0 Å². The summed E-state index contributed by atoms with van der Waals surface area (Å²) in [5, 5.41) is 16.4. The summed E-state index contributed by atoms with van der Waals surface area (Å²) in [6.45, 7) is 1.74. The van der Waals surface area contributed by atoms with E-state index in [9.17, 15) is 9.90 Å². The molecule has 0 spiro atoms. The van der Waals surface area contributed by atoms with Crippen molar-refractivity contribution in [3.8, 4) is 11.4 Å². The van der Waals surface area contributed by atoms with Gasteiger partial charge in [0.1, 0.15) is 17.1 Å². The minimum Gasteiger partial charge on any atom is -0.494 e. The minimum absolute atomic E-state index is 0.135. The molecule has 3 aromatic rings. The van der Waals surface area contributed by atoms with Crippen molar-refractivity contribution in [1.29, 1.82) is 0 Å². The van der Waals surface area contributed by atoms with Crippen LogP contribution in [0.15, 0.2) is 55.0 Å². The van der Waals surface area contributed by atoms with Gasteiger partial charge in [0.2, 0.25) is 0 Å². The fraction of sp³-hybridized carbons (Fsp3) is 0.211. The summed E-state index contributed by atoms with van der Waals surface area (Å²) in [6.07, 6.45) is 5.06. The van der Waals surface area contributed by atoms with Crippen molar-refractivity contribution in [2.45, 2.75) is 19.6 Å². The van der Waals surface area contributed by atoms with E-state index in [4.69, 9.17) is 4.74 Å². The topological polar surface area (TPSA) is 89.3 Å². The molecule has 2 heterocycles. The molecule has 7 heteroatoms. The van der Waals surface area contributed by atoms with Crippen LogP contribution in [0.3, 0.4) is 0 Å². The molecule has 134 valence electrons. The molecule has 0 bridgehead atoms. The second-order valence-corrected chi connectivity index (χ2v) is 5.79. The van der Waals surface area contributed by atoms with E-state index in [1.807, 2.05) is 37.4 Å². The lowest BCUT2D eigenvalue weighted by Crippen LogP contribution is -2.27. The lowest BCUT2D eigenvalue weighted by atomic mass is 10.1. The summed E-state index contributed by atoms with van der Waals surface area (Å²) in [5.74, 6) is 0.404. The van der Waals surface area contributed by atoms with Crippen molar-refractivity contribution in [3.63, 3.8) is 0 Å². The van der Waals surface area contributed by atoms with E-state index >= 15 is 0 Å². The van der Waals surface area contributed by atoms with E-state index in [-0.39, 0.29) is 24.2 Å². The zero-order valence-electron chi connectivity index (χ0n) is 14.6. The molecule has 2 N–H and O–H groups in total. The molecule has 1 aromatic carbocycles. The number of amides is 1. The zero-order chi connectivity index (χ0) is 18.5. The van der Waals surface area contributed by atoms with Crippen LogP contribution in [-0.4, -0.2) is 32.9 Å². The molecule has 1 atom stereocenters. The van der Waals surface area contributed by atoms with Gasteiger partial charge in [0.05, 0.1) is 26.0 Å². The molecule has 3 rings (SSSR count). The van der Waals surface area contributed by atoms with Gasteiger partial charge in [0.15, 0.2) is 0 Å². The fourth-order valence-electron chi connectivity index (χ4n) is 2.56. The summed E-state index contributed by atoms with van der Waals surface area (Å²) in [7, 11) is 1.61. The van der Waals surface area contributed by atoms with Gasteiger partial charge in [0.25, 0.3) is 5.91 Å². The van der Waals surface area contributed by atoms with Crippen LogP contribution in [0.2, 0.25) is 0 Å². The maximum absolute atomic E-state index is 12.4. The molecule has 0 saturated carbocycles. The highest BCUT2D eigenvalue weighted by Gasteiger charge is 2.15. The second kappa shape index (κ2) is 7.79. The van der Waals surface area contributed by atoms with Crippen LogP contribution in [0.5, 0.6) is 5.75 Å². The molecule has 0 unspecified atom stereocenters. The number of pyridine rings is 1. The third kappa shape index (κ3) is 3.73. The third-order valence-corrected chi connectivity index (χ3v) is 4.02. The van der Waals surface area contributed by atoms with Gasteiger partial charge in [-0.25, -0.2) is 4.68 Å². The Morgan fingerprint density at radius 1 is 1.35 bits per heavy atom. The highest BCUT2D eigenvalue weighted by Crippen LogP contribution is 2.23. The smallest absolute Gasteiger partial charge is 0.270 e. The minimum atomic E-state index is -0.308. The highest BCUT2D eigenvalue weighted by atomic mass is 16.5. The molecule has 0 radical (unpaired) electrons. The van der Waals surface area contributed by atoms with Crippen LogP contribution in [0.25, 0.3) is 5.69 Å². The summed E-state index contributed by atoms with van der Waals surface area (Å²) in [4.78, 5) is 16.4. The van der Waals surface area contributed by atoms with E-state index in [0.717, 1.165) is 11.3 Å². The van der Waals surface area contributed by atoms with E-state index in [1.54, 1.807) is 30.1 Å². The maximum atomic E-state index is 12.4. The quantitative estimate of drug-likeness (QED) is 0.710. The molecule has 26 heavy (non-hydrogen) atoms. The largest absolute Gasteiger partial charge is 0.494 e. The molecule has 0 fully saturated rings. The molecule has 0 aliphatic heterocycles. The van der Waals surface area contributed by atoms with Crippen molar-refractivity contribution in [2.75, 3.05) is 7.11 Å². The molecule has 0 aliphatic rings. The molecule has 0 aliphatic carbocycles. The number of hydrogen-bond acceptors (Lipinski definition) is 5. The highest BCUT2D eigenvalue weighted by molar-refractivity contribution is 5.92. The van der Waals surface area contributed by atoms with Crippen LogP contribution in [-0.2, 0) is 6.61 Å². The van der Waals surface area contributed by atoms with E-state index in [1.165, 1.54) is 6.20 Å². The summed E-state index contributed by atoms with van der Waals surface area (Å²) >= 11 is 0. The predicted molar refractivity (Wildman–Crippen MR) is 96.2 cm³/mol. The monoisotopic (exact) mass is 352 g/mol. The van der Waals surface area contributed by atoms with Crippen LogP contribution in [0.4, 0.5) is 0 Å². The number of benzene rings is 1. The van der Waals surface area contributed by atoms with E-state index < -0.39 is 0 Å². The van der Waals surface area contributed by atoms with E-state index in [2.05, 4.69) is 15.4 Å². The molecular weight excluding hydrogens is 332 g/mol. The Morgan fingerprint density at radius 3 is 2.92 bits per heavy atom. The van der Waals surface area contributed by atoms with Crippen molar-refractivity contribution < 1.29 is 14.6 Å². The second-order valence-electron chi connectivity index (χ2n) is 5.79. The third-order valence-electron chi connectivity index (χ3n) is 4.02. The van der Waals surface area contributed by atoms with E-state index in [0.29, 0.717) is 11.3 Å². The number of para-hydroxylation sites is 2. The maximum Gasteiger partial charge on any atom is 0.270 e. The summed E-state index contributed by atoms with van der Waals surface area (Å²) < 4.78 is 7.06. The number of nitrogens with one attached hydrogen (secondary N) is 1. The lowest BCUT2D eigenvalue weighted by molar-refractivity contribution is 0.0934. The first-order valence-corrected chi connectivity index (χ1v) is 8.17. The van der Waals surface area contributed by atoms with Crippen molar-refractivity contribution in [3.05, 3.63) is 71.8 Å². The van der Waals surface area contributed by atoms with Gasteiger partial charge in [-0.05, 0) is 36.8 Å². The molecule has 2 aromatic heterocycles. The van der Waals surface area contributed by atoms with Gasteiger partial charge >= 0.3 is 0 Å². The van der Waals surface area contributed by atoms with Gasteiger partial charge in [-0.2, -0.15) is 5.10 Å². The first-order valence-electron chi connectivity index (χ1n) is 8.17. The number of rotatable bonds is 6. The summed E-state index contributed by atoms with van der Waals surface area (Å²) in [5.41, 5.74) is 2.57. The van der Waals surface area contributed by atoms with Crippen LogP contribution < -0.4 is 10.1 Å². The number of carbonyl (C=O) groups is 1. The van der Waals surface area contributed by atoms with Crippen LogP contribution >= 0.6 is 0 Å². The molecule has 7 nitrogen and oxygen atoms in total. The predicted octanol–water partition coefficient (Wildman–Crippen LogP) is 2.26. The SMILES string of the molecule is COc1ccccc1-n1cc([C@@H](C)NC(=O)c2cc(CO)ccn2)cn1. The first-order chi connectivity index (χ1) is 12.6. The zero-order valence-corrected chi connectivity index (χ0v) is 14.6. The fourth-order valence-corrected chi connectivity index (χ4v) is 2.56. The Morgan fingerprint density at radius 2 is 2.15 bits per heavy atom. The standard InChI is InChI=1S/C19H20N4O3/c1-13(22-19(25)16-9-14(12-24)7-8-20-16)15-10-21-23(11-15)17-5-3-4-6-18(17)26-2/h3-11,13,24H,12H2,1-2H3,(H,22,25)/t13-/m1/s1. The number of ether oxygens (including phenoxy) is 1. The molecule has 1 amide bonds. The van der Waals surface area contributed by atoms with Crippen molar-refractivity contribution >= 4 is 5.91 Å². The number of nitrogens with zero attached hydrogens (tertiary/aromatic N) is 3. The van der Waals surface area contributed by atoms with Crippen molar-refractivity contribution in [2.24, 2.45) is 0 Å². The Hall–Kier alpha value is -3.19. The number of methoxy groups -OCH3 is 1. The molecular formula is C19H20N4O3.